The molecule has 5 aromatic rings. The molecule has 0 unspecified atom stereocenters. The lowest BCUT2D eigenvalue weighted by Crippen LogP contribution is -2.27. The van der Waals surface area contributed by atoms with Gasteiger partial charge in [0.2, 0.25) is 5.91 Å². The minimum absolute atomic E-state index is 0.0714. The van der Waals surface area contributed by atoms with Gasteiger partial charge >= 0.3 is 0 Å². The molecule has 2 heterocycles. The fourth-order valence-electron chi connectivity index (χ4n) is 5.89. The van der Waals surface area contributed by atoms with Crippen molar-refractivity contribution < 1.29 is 14.0 Å². The van der Waals surface area contributed by atoms with Crippen molar-refractivity contribution in [2.75, 3.05) is 10.6 Å². The van der Waals surface area contributed by atoms with Gasteiger partial charge in [-0.2, -0.15) is 0 Å². The Morgan fingerprint density at radius 2 is 1.71 bits per heavy atom. The van der Waals surface area contributed by atoms with Crippen LogP contribution in [-0.4, -0.2) is 22.6 Å². The molecule has 230 valence electrons. The SMILES string of the molecule is CC(C)(C)[C@@H]1CCc2c(sc(N=Cc3cn(CC(=O)Nc4ccc(F)cc4)c4ccccc34)c2C(=O)Nc2ccc(Cl)cc2)C1. The minimum Gasteiger partial charge on any atom is -0.337 e. The summed E-state index contributed by atoms with van der Waals surface area (Å²) in [6.07, 6.45) is 6.45. The number of aliphatic imine (C=N–C) groups is 1. The molecule has 1 atom stereocenters. The normalized spacial score (nSPS) is 14.9. The van der Waals surface area contributed by atoms with Crippen molar-refractivity contribution in [2.45, 2.75) is 46.6 Å². The molecule has 6 rings (SSSR count). The second-order valence-corrected chi connectivity index (χ2v) is 14.0. The van der Waals surface area contributed by atoms with Crippen molar-refractivity contribution in [1.29, 1.82) is 0 Å². The largest absolute Gasteiger partial charge is 0.337 e. The highest BCUT2D eigenvalue weighted by atomic mass is 35.5. The van der Waals surface area contributed by atoms with E-state index in [2.05, 4.69) is 31.4 Å². The van der Waals surface area contributed by atoms with Gasteiger partial charge in [-0.05, 0) is 90.8 Å². The van der Waals surface area contributed by atoms with E-state index >= 15 is 0 Å². The molecular formula is C36H34ClFN4O2S. The molecular weight excluding hydrogens is 607 g/mol. The first-order valence-electron chi connectivity index (χ1n) is 14.9. The van der Waals surface area contributed by atoms with Gasteiger partial charge in [-0.15, -0.1) is 11.3 Å². The molecule has 0 saturated heterocycles. The fourth-order valence-corrected chi connectivity index (χ4v) is 7.28. The van der Waals surface area contributed by atoms with Gasteiger partial charge in [0.25, 0.3) is 5.91 Å². The van der Waals surface area contributed by atoms with Crippen molar-refractivity contribution in [3.63, 3.8) is 0 Å². The van der Waals surface area contributed by atoms with E-state index in [4.69, 9.17) is 16.6 Å². The summed E-state index contributed by atoms with van der Waals surface area (Å²) in [4.78, 5) is 32.8. The maximum atomic E-state index is 13.8. The smallest absolute Gasteiger partial charge is 0.259 e. The van der Waals surface area contributed by atoms with Crippen LogP contribution in [0.25, 0.3) is 10.9 Å². The number of hydrogen-bond donors (Lipinski definition) is 2. The maximum absolute atomic E-state index is 13.8. The predicted octanol–water partition coefficient (Wildman–Crippen LogP) is 9.29. The first kappa shape index (κ1) is 30.7. The molecule has 2 N–H and O–H groups in total. The van der Waals surface area contributed by atoms with Crippen LogP contribution in [-0.2, 0) is 24.2 Å². The highest BCUT2D eigenvalue weighted by Crippen LogP contribution is 2.45. The van der Waals surface area contributed by atoms with E-state index < -0.39 is 0 Å². The Bertz CT molecular complexity index is 1900. The summed E-state index contributed by atoms with van der Waals surface area (Å²) in [5.74, 6) is -0.256. The zero-order valence-corrected chi connectivity index (χ0v) is 26.9. The molecule has 2 amide bonds. The molecule has 0 spiro atoms. The van der Waals surface area contributed by atoms with Gasteiger partial charge in [0, 0.05) is 50.2 Å². The van der Waals surface area contributed by atoms with Gasteiger partial charge in [-0.3, -0.25) is 9.59 Å². The van der Waals surface area contributed by atoms with Crippen LogP contribution in [0.1, 0.15) is 53.6 Å². The Hall–Kier alpha value is -4.27. The summed E-state index contributed by atoms with van der Waals surface area (Å²) in [7, 11) is 0. The molecule has 9 heteroatoms. The number of thiophene rings is 1. The van der Waals surface area contributed by atoms with Crippen molar-refractivity contribution in [2.24, 2.45) is 16.3 Å². The quantitative estimate of drug-likeness (QED) is 0.174. The highest BCUT2D eigenvalue weighted by Gasteiger charge is 2.33. The van der Waals surface area contributed by atoms with E-state index in [1.54, 1.807) is 41.8 Å². The molecule has 0 saturated carbocycles. The molecule has 0 radical (unpaired) electrons. The standard InChI is InChI=1S/C36H34ClFN4O2S/c1-36(2,3)23-8-17-29-31(18-23)45-35(33(29)34(44)41-27-13-9-24(37)10-14-27)39-19-22-20-42(30-7-5-4-6-28(22)30)21-32(43)40-26-15-11-25(38)12-16-26/h4-7,9-16,19-20,23H,8,17-18,21H2,1-3H3,(H,40,43)(H,41,44)/t23-/m1/s1. The second kappa shape index (κ2) is 12.6. The summed E-state index contributed by atoms with van der Waals surface area (Å²) in [6.45, 7) is 6.90. The van der Waals surface area contributed by atoms with Crippen LogP contribution in [0, 0.1) is 17.2 Å². The molecule has 0 fully saturated rings. The van der Waals surface area contributed by atoms with E-state index in [-0.39, 0.29) is 29.6 Å². The Morgan fingerprint density at radius 1 is 1.02 bits per heavy atom. The van der Waals surface area contributed by atoms with Crippen LogP contribution in [0.15, 0.2) is 84.0 Å². The molecule has 0 bridgehead atoms. The van der Waals surface area contributed by atoms with Crippen molar-refractivity contribution in [1.82, 2.24) is 4.57 Å². The minimum atomic E-state index is -0.362. The fraction of sp³-hybridized carbons (Fsp3) is 0.250. The van der Waals surface area contributed by atoms with Gasteiger partial charge < -0.3 is 15.2 Å². The third-order valence-corrected chi connectivity index (χ3v) is 9.80. The van der Waals surface area contributed by atoms with Crippen LogP contribution in [0.3, 0.4) is 0 Å². The summed E-state index contributed by atoms with van der Waals surface area (Å²) in [5, 5.41) is 8.09. The van der Waals surface area contributed by atoms with E-state index in [0.29, 0.717) is 32.9 Å². The number of amides is 2. The molecule has 0 aliphatic heterocycles. The molecule has 6 nitrogen and oxygen atoms in total. The average molecular weight is 641 g/mol. The summed E-state index contributed by atoms with van der Waals surface area (Å²) in [6, 6.07) is 20.6. The Labute approximate surface area is 271 Å². The number of nitrogens with one attached hydrogen (secondary N) is 2. The lowest BCUT2D eigenvalue weighted by molar-refractivity contribution is -0.116. The first-order valence-corrected chi connectivity index (χ1v) is 16.1. The van der Waals surface area contributed by atoms with Gasteiger partial charge in [-0.1, -0.05) is 50.6 Å². The van der Waals surface area contributed by atoms with Crippen molar-refractivity contribution in [3.8, 4) is 0 Å². The topological polar surface area (TPSA) is 75.5 Å². The Morgan fingerprint density at radius 3 is 2.44 bits per heavy atom. The monoisotopic (exact) mass is 640 g/mol. The van der Waals surface area contributed by atoms with Gasteiger partial charge in [0.15, 0.2) is 0 Å². The van der Waals surface area contributed by atoms with E-state index in [9.17, 15) is 14.0 Å². The third-order valence-electron chi connectivity index (χ3n) is 8.38. The maximum Gasteiger partial charge on any atom is 0.259 e. The van der Waals surface area contributed by atoms with E-state index in [1.807, 2.05) is 35.0 Å². The summed E-state index contributed by atoms with van der Waals surface area (Å²) < 4.78 is 15.2. The number of benzene rings is 3. The van der Waals surface area contributed by atoms with Crippen LogP contribution in [0.4, 0.5) is 20.8 Å². The number of para-hydroxylation sites is 1. The van der Waals surface area contributed by atoms with Gasteiger partial charge in [0.1, 0.15) is 17.4 Å². The van der Waals surface area contributed by atoms with E-state index in [0.717, 1.165) is 41.3 Å². The number of carbonyl (C=O) groups excluding carboxylic acids is 2. The predicted molar refractivity (Wildman–Crippen MR) is 183 cm³/mol. The van der Waals surface area contributed by atoms with E-state index in [1.165, 1.54) is 29.1 Å². The van der Waals surface area contributed by atoms with Crippen LogP contribution >= 0.6 is 22.9 Å². The second-order valence-electron chi connectivity index (χ2n) is 12.5. The zero-order chi connectivity index (χ0) is 31.7. The number of nitrogens with zero attached hydrogens (tertiary/aromatic N) is 2. The van der Waals surface area contributed by atoms with Crippen molar-refractivity contribution in [3.05, 3.63) is 111 Å². The number of hydrogen-bond acceptors (Lipinski definition) is 4. The van der Waals surface area contributed by atoms with Crippen LogP contribution < -0.4 is 10.6 Å². The zero-order valence-electron chi connectivity index (χ0n) is 25.4. The van der Waals surface area contributed by atoms with Gasteiger partial charge in [0.05, 0.1) is 5.56 Å². The molecule has 3 aromatic carbocycles. The third kappa shape index (κ3) is 6.87. The molecule has 2 aromatic heterocycles. The van der Waals surface area contributed by atoms with Crippen LogP contribution in [0.5, 0.6) is 0 Å². The molecule has 1 aliphatic carbocycles. The number of anilines is 2. The number of carbonyl (C=O) groups is 2. The molecule has 45 heavy (non-hydrogen) atoms. The number of rotatable bonds is 7. The highest BCUT2D eigenvalue weighted by molar-refractivity contribution is 7.16. The lowest BCUT2D eigenvalue weighted by atomic mass is 9.72. The average Bonchev–Trinajstić information content (AvgIpc) is 3.55. The summed E-state index contributed by atoms with van der Waals surface area (Å²) >= 11 is 7.65. The number of fused-ring (bicyclic) bond motifs is 2. The lowest BCUT2D eigenvalue weighted by Gasteiger charge is -2.33. The van der Waals surface area contributed by atoms with Crippen molar-refractivity contribution >= 4 is 68.2 Å². The summed E-state index contributed by atoms with van der Waals surface area (Å²) in [5.41, 5.74) is 4.79. The number of halogens is 2. The number of aromatic nitrogens is 1. The van der Waals surface area contributed by atoms with Crippen LogP contribution in [0.2, 0.25) is 5.02 Å². The Balaban J connectivity index is 1.32. The first-order chi connectivity index (χ1) is 21.5. The Kier molecular flexibility index (Phi) is 8.62. The van der Waals surface area contributed by atoms with Gasteiger partial charge in [-0.25, -0.2) is 9.38 Å². The molecule has 1 aliphatic rings.